The first-order valence-corrected chi connectivity index (χ1v) is 8.30. The predicted molar refractivity (Wildman–Crippen MR) is 91.6 cm³/mol. The monoisotopic (exact) mass is 353 g/mol. The Labute approximate surface area is 147 Å². The number of hydrogen-bond acceptors (Lipinski definition) is 6. The largest absolute Gasteiger partial charge is 0.477 e. The van der Waals surface area contributed by atoms with Crippen molar-refractivity contribution in [1.82, 2.24) is 9.78 Å². The molecule has 1 aromatic rings. The Balaban J connectivity index is 2.15. The molecule has 1 aromatic heterocycles. The van der Waals surface area contributed by atoms with Crippen LogP contribution >= 0.6 is 0 Å². The van der Waals surface area contributed by atoms with Gasteiger partial charge in [-0.1, -0.05) is 33.8 Å². The first-order valence-electron chi connectivity index (χ1n) is 8.30. The second-order valence-corrected chi connectivity index (χ2v) is 7.14. The third-order valence-electron chi connectivity index (χ3n) is 3.47. The van der Waals surface area contributed by atoms with Crippen molar-refractivity contribution >= 4 is 12.3 Å². The van der Waals surface area contributed by atoms with Crippen LogP contribution in [0.1, 0.15) is 46.5 Å². The van der Waals surface area contributed by atoms with Crippen LogP contribution in [-0.4, -0.2) is 35.4 Å². The molecule has 1 saturated heterocycles. The van der Waals surface area contributed by atoms with Gasteiger partial charge < -0.3 is 24.7 Å². The van der Waals surface area contributed by atoms with Gasteiger partial charge in [0.25, 0.3) is 0 Å². The molecule has 1 aliphatic heterocycles. The van der Waals surface area contributed by atoms with E-state index >= 15 is 0 Å². The highest BCUT2D eigenvalue weighted by Crippen LogP contribution is 2.37. The highest BCUT2D eigenvalue weighted by Gasteiger charge is 2.33. The first kappa shape index (κ1) is 19.3. The van der Waals surface area contributed by atoms with Crippen LogP contribution in [0.15, 0.2) is 12.3 Å². The summed E-state index contributed by atoms with van der Waals surface area (Å²) >= 11 is 0. The Morgan fingerprint density at radius 3 is 2.72 bits per heavy atom. The summed E-state index contributed by atoms with van der Waals surface area (Å²) in [6.07, 6.45) is 3.82. The van der Waals surface area contributed by atoms with Crippen molar-refractivity contribution in [3.63, 3.8) is 0 Å². The molecule has 1 amide bonds. The maximum Gasteiger partial charge on any atom is 0.404 e. The standard InChI is InChI=1S/C17H27N3O5/c1-11(2)9-22-14-13(15-24-12(3)25-15)8-19-20(14)7-6-17(4,5)10-23-16(18)21/h6-8,11-12,15H,9-10H2,1-5H3,(H2,18,21)/b7-6+. The second-order valence-electron chi connectivity index (χ2n) is 7.14. The molecule has 0 aromatic carbocycles. The minimum absolute atomic E-state index is 0.168. The van der Waals surface area contributed by atoms with Gasteiger partial charge in [-0.3, -0.25) is 0 Å². The van der Waals surface area contributed by atoms with Crippen molar-refractivity contribution in [1.29, 1.82) is 0 Å². The number of ether oxygens (including phenoxy) is 4. The fraction of sp³-hybridized carbons (Fsp3) is 0.647. The third kappa shape index (κ3) is 5.47. The molecule has 2 N–H and O–H groups in total. The number of aromatic nitrogens is 2. The van der Waals surface area contributed by atoms with Gasteiger partial charge in [-0.25, -0.2) is 9.48 Å². The zero-order valence-corrected chi connectivity index (χ0v) is 15.4. The van der Waals surface area contributed by atoms with Crippen molar-refractivity contribution in [3.05, 3.63) is 17.8 Å². The summed E-state index contributed by atoms with van der Waals surface area (Å²) in [4.78, 5) is 10.8. The minimum atomic E-state index is -0.794. The van der Waals surface area contributed by atoms with Crippen LogP contribution in [0.5, 0.6) is 5.88 Å². The smallest absolute Gasteiger partial charge is 0.404 e. The van der Waals surface area contributed by atoms with Crippen molar-refractivity contribution in [2.24, 2.45) is 17.1 Å². The maximum absolute atomic E-state index is 10.8. The molecule has 2 heterocycles. The molecule has 0 radical (unpaired) electrons. The summed E-state index contributed by atoms with van der Waals surface area (Å²) in [5.74, 6) is 0.941. The van der Waals surface area contributed by atoms with Gasteiger partial charge in [0.15, 0.2) is 12.6 Å². The lowest BCUT2D eigenvalue weighted by Gasteiger charge is -2.33. The van der Waals surface area contributed by atoms with E-state index in [0.29, 0.717) is 18.4 Å². The zero-order chi connectivity index (χ0) is 18.6. The molecule has 8 nitrogen and oxygen atoms in total. The van der Waals surface area contributed by atoms with Crippen LogP contribution in [0, 0.1) is 11.3 Å². The van der Waals surface area contributed by atoms with Crippen molar-refractivity contribution in [3.8, 4) is 5.88 Å². The van der Waals surface area contributed by atoms with Crippen LogP contribution in [0.4, 0.5) is 4.79 Å². The SMILES string of the molecule is CC(C)COc1c(C2OC(C)O2)cnn1/C=C/C(C)(C)COC(N)=O. The molecule has 0 spiro atoms. The Kier molecular flexibility index (Phi) is 6.07. The summed E-state index contributed by atoms with van der Waals surface area (Å²) in [7, 11) is 0. The second kappa shape index (κ2) is 7.88. The van der Waals surface area contributed by atoms with Gasteiger partial charge in [0, 0.05) is 11.6 Å². The number of hydrogen-bond donors (Lipinski definition) is 1. The van der Waals surface area contributed by atoms with Crippen LogP contribution in [0.2, 0.25) is 0 Å². The molecule has 0 unspecified atom stereocenters. The van der Waals surface area contributed by atoms with Gasteiger partial charge in [-0.2, -0.15) is 5.10 Å². The fourth-order valence-electron chi connectivity index (χ4n) is 2.11. The van der Waals surface area contributed by atoms with E-state index in [1.54, 1.807) is 17.1 Å². The van der Waals surface area contributed by atoms with Gasteiger partial charge >= 0.3 is 6.09 Å². The van der Waals surface area contributed by atoms with Gasteiger partial charge in [-0.05, 0) is 12.8 Å². The predicted octanol–water partition coefficient (Wildman–Crippen LogP) is 2.90. The average molecular weight is 353 g/mol. The molecule has 1 aliphatic rings. The maximum atomic E-state index is 10.8. The fourth-order valence-corrected chi connectivity index (χ4v) is 2.11. The van der Waals surface area contributed by atoms with E-state index in [0.717, 1.165) is 5.56 Å². The molecule has 140 valence electrons. The number of primary amides is 1. The molecular weight excluding hydrogens is 326 g/mol. The van der Waals surface area contributed by atoms with Gasteiger partial charge in [0.05, 0.1) is 18.4 Å². The van der Waals surface area contributed by atoms with Crippen molar-refractivity contribution in [2.75, 3.05) is 13.2 Å². The number of amides is 1. The molecule has 8 heteroatoms. The van der Waals surface area contributed by atoms with E-state index in [4.69, 9.17) is 24.7 Å². The number of carbonyl (C=O) groups is 1. The molecule has 2 rings (SSSR count). The molecule has 0 saturated carbocycles. The minimum Gasteiger partial charge on any atom is -0.477 e. The Bertz CT molecular complexity index is 618. The average Bonchev–Trinajstić information content (AvgIpc) is 2.88. The summed E-state index contributed by atoms with van der Waals surface area (Å²) in [6, 6.07) is 0. The number of nitrogens with zero attached hydrogens (tertiary/aromatic N) is 2. The Hall–Kier alpha value is -2.06. The lowest BCUT2D eigenvalue weighted by molar-refractivity contribution is -0.382. The zero-order valence-electron chi connectivity index (χ0n) is 15.4. The topological polar surface area (TPSA) is 97.8 Å². The summed E-state index contributed by atoms with van der Waals surface area (Å²) in [5, 5.41) is 4.33. The van der Waals surface area contributed by atoms with Crippen LogP contribution < -0.4 is 10.5 Å². The van der Waals surface area contributed by atoms with E-state index in [1.807, 2.05) is 26.8 Å². The number of nitrogens with two attached hydrogens (primary N) is 1. The molecule has 25 heavy (non-hydrogen) atoms. The van der Waals surface area contributed by atoms with Gasteiger partial charge in [0.1, 0.15) is 6.61 Å². The lowest BCUT2D eigenvalue weighted by atomic mass is 9.95. The number of carbonyl (C=O) groups excluding carboxylic acids is 1. The van der Waals surface area contributed by atoms with E-state index in [9.17, 15) is 4.79 Å². The van der Waals surface area contributed by atoms with Gasteiger partial charge in [0.2, 0.25) is 5.88 Å². The molecule has 1 fully saturated rings. The Morgan fingerprint density at radius 1 is 1.48 bits per heavy atom. The van der Waals surface area contributed by atoms with E-state index < -0.39 is 17.8 Å². The van der Waals surface area contributed by atoms with Crippen LogP contribution in [-0.2, 0) is 14.2 Å². The van der Waals surface area contributed by atoms with Crippen molar-refractivity contribution in [2.45, 2.75) is 47.2 Å². The van der Waals surface area contributed by atoms with Crippen LogP contribution in [0.3, 0.4) is 0 Å². The highest BCUT2D eigenvalue weighted by molar-refractivity contribution is 5.64. The lowest BCUT2D eigenvalue weighted by Crippen LogP contribution is -2.31. The molecule has 0 aliphatic carbocycles. The molecular formula is C17H27N3O5. The number of rotatable bonds is 8. The van der Waals surface area contributed by atoms with Crippen LogP contribution in [0.25, 0.3) is 6.20 Å². The van der Waals surface area contributed by atoms with E-state index in [1.165, 1.54) is 0 Å². The quantitative estimate of drug-likeness (QED) is 0.772. The third-order valence-corrected chi connectivity index (χ3v) is 3.47. The molecule has 0 atom stereocenters. The normalized spacial score (nSPS) is 20.7. The van der Waals surface area contributed by atoms with E-state index in [2.05, 4.69) is 18.9 Å². The molecule has 0 bridgehead atoms. The summed E-state index contributed by atoms with van der Waals surface area (Å²) < 4.78 is 23.5. The highest BCUT2D eigenvalue weighted by atomic mass is 16.9. The summed E-state index contributed by atoms with van der Waals surface area (Å²) in [5.41, 5.74) is 5.35. The Morgan fingerprint density at radius 2 is 2.16 bits per heavy atom. The summed E-state index contributed by atoms with van der Waals surface area (Å²) in [6.45, 7) is 10.5. The van der Waals surface area contributed by atoms with E-state index in [-0.39, 0.29) is 12.9 Å². The van der Waals surface area contributed by atoms with Crippen molar-refractivity contribution < 1.29 is 23.7 Å². The first-order chi connectivity index (χ1) is 11.7. The van der Waals surface area contributed by atoms with Gasteiger partial charge in [-0.15, -0.1) is 0 Å².